The third-order valence-electron chi connectivity index (χ3n) is 2.60. The summed E-state index contributed by atoms with van der Waals surface area (Å²) in [6.45, 7) is 1.69. The first kappa shape index (κ1) is 12.4. The normalized spacial score (nSPS) is 17.4. The van der Waals surface area contributed by atoms with Gasteiger partial charge in [-0.2, -0.15) is 0 Å². The second-order valence-electron chi connectivity index (χ2n) is 4.05. The minimum absolute atomic E-state index is 0.145. The van der Waals surface area contributed by atoms with Crippen LogP contribution in [-0.2, 0) is 16.0 Å². The maximum absolute atomic E-state index is 11.5. The van der Waals surface area contributed by atoms with Gasteiger partial charge in [-0.15, -0.1) is 0 Å². The Morgan fingerprint density at radius 1 is 1.50 bits per heavy atom. The van der Waals surface area contributed by atoms with E-state index in [1.165, 1.54) is 0 Å². The van der Waals surface area contributed by atoms with E-state index in [0.717, 1.165) is 5.56 Å². The minimum atomic E-state index is -0.490. The zero-order valence-electron chi connectivity index (χ0n) is 10.2. The molecule has 1 aromatic rings. The van der Waals surface area contributed by atoms with Gasteiger partial charge in [-0.1, -0.05) is 6.07 Å². The topological polar surface area (TPSA) is 79.5 Å². The summed E-state index contributed by atoms with van der Waals surface area (Å²) in [6, 6.07) is 5.31. The van der Waals surface area contributed by atoms with Gasteiger partial charge in [-0.05, 0) is 24.6 Å². The molecule has 0 radical (unpaired) electrons. The lowest BCUT2D eigenvalue weighted by atomic mass is 10.1. The summed E-state index contributed by atoms with van der Waals surface area (Å²) in [5.74, 6) is 0.299. The summed E-state index contributed by atoms with van der Waals surface area (Å²) in [5.41, 5.74) is 6.46. The number of benzene rings is 1. The van der Waals surface area contributed by atoms with Gasteiger partial charge in [0, 0.05) is 7.05 Å². The van der Waals surface area contributed by atoms with Gasteiger partial charge in [0.1, 0.15) is 5.75 Å². The van der Waals surface area contributed by atoms with Crippen LogP contribution in [0.25, 0.3) is 0 Å². The molecule has 3 N–H and O–H groups in total. The first-order valence-corrected chi connectivity index (χ1v) is 5.66. The fourth-order valence-corrected chi connectivity index (χ4v) is 1.73. The fourth-order valence-electron chi connectivity index (χ4n) is 1.73. The van der Waals surface area contributed by atoms with Gasteiger partial charge in [0.25, 0.3) is 5.91 Å². The molecular weight excluding hydrogens is 234 g/mol. The highest BCUT2D eigenvalue weighted by Crippen LogP contribution is 2.30. The second-order valence-corrected chi connectivity index (χ2v) is 4.05. The summed E-state index contributed by atoms with van der Waals surface area (Å²) in [5, 5.41) is 2.74. The molecule has 6 heteroatoms. The molecule has 1 unspecified atom stereocenters. The predicted octanol–water partition coefficient (Wildman–Crippen LogP) is 0.199. The Balaban J connectivity index is 2.15. The van der Waals surface area contributed by atoms with Crippen molar-refractivity contribution in [1.82, 2.24) is 10.9 Å². The quantitative estimate of drug-likeness (QED) is 0.669. The molecule has 18 heavy (non-hydrogen) atoms. The Morgan fingerprint density at radius 2 is 2.28 bits per heavy atom. The van der Waals surface area contributed by atoms with Gasteiger partial charge >= 0.3 is 0 Å². The number of carbonyl (C=O) groups excluding carboxylic acids is 2. The molecule has 1 aromatic carbocycles. The standard InChI is InChI=1S/C12H15N3O3/c1-7-12(17)14-9-5-8(3-4-10(9)18-7)6-11(16)15-13-2/h3-5,7,13H,6H2,1-2H3,(H,14,17)(H,15,16). The molecule has 1 atom stereocenters. The first-order valence-electron chi connectivity index (χ1n) is 5.66. The van der Waals surface area contributed by atoms with Gasteiger partial charge in [0.15, 0.2) is 6.10 Å². The maximum atomic E-state index is 11.5. The van der Waals surface area contributed by atoms with Crippen molar-refractivity contribution in [2.24, 2.45) is 0 Å². The van der Waals surface area contributed by atoms with Gasteiger partial charge < -0.3 is 10.1 Å². The highest BCUT2D eigenvalue weighted by molar-refractivity contribution is 5.97. The zero-order valence-corrected chi connectivity index (χ0v) is 10.2. The highest BCUT2D eigenvalue weighted by atomic mass is 16.5. The molecule has 1 aliphatic rings. The number of nitrogens with one attached hydrogen (secondary N) is 3. The van der Waals surface area contributed by atoms with Crippen LogP contribution in [-0.4, -0.2) is 25.0 Å². The van der Waals surface area contributed by atoms with Crippen LogP contribution in [0.3, 0.4) is 0 Å². The van der Waals surface area contributed by atoms with Crippen molar-refractivity contribution < 1.29 is 14.3 Å². The molecule has 0 saturated carbocycles. The van der Waals surface area contributed by atoms with Gasteiger partial charge in [-0.3, -0.25) is 15.0 Å². The smallest absolute Gasteiger partial charge is 0.265 e. The minimum Gasteiger partial charge on any atom is -0.479 e. The van der Waals surface area contributed by atoms with Crippen LogP contribution in [0.1, 0.15) is 12.5 Å². The zero-order chi connectivity index (χ0) is 13.1. The highest BCUT2D eigenvalue weighted by Gasteiger charge is 2.23. The fraction of sp³-hybridized carbons (Fsp3) is 0.333. The van der Waals surface area contributed by atoms with Crippen molar-refractivity contribution >= 4 is 17.5 Å². The number of fused-ring (bicyclic) bond motifs is 1. The summed E-state index contributed by atoms with van der Waals surface area (Å²) < 4.78 is 5.43. The predicted molar refractivity (Wildman–Crippen MR) is 66.1 cm³/mol. The molecule has 2 rings (SSSR count). The van der Waals surface area contributed by atoms with E-state index in [9.17, 15) is 9.59 Å². The Morgan fingerprint density at radius 3 is 3.00 bits per heavy atom. The van der Waals surface area contributed by atoms with Crippen molar-refractivity contribution in [3.05, 3.63) is 23.8 Å². The van der Waals surface area contributed by atoms with E-state index < -0.39 is 6.10 Å². The van der Waals surface area contributed by atoms with E-state index in [0.29, 0.717) is 11.4 Å². The summed E-state index contributed by atoms with van der Waals surface area (Å²) in [6.07, 6.45) is -0.254. The van der Waals surface area contributed by atoms with Crippen LogP contribution in [0, 0.1) is 0 Å². The van der Waals surface area contributed by atoms with Crippen molar-refractivity contribution in [2.75, 3.05) is 12.4 Å². The van der Waals surface area contributed by atoms with Crippen LogP contribution < -0.4 is 20.9 Å². The van der Waals surface area contributed by atoms with Crippen LogP contribution in [0.2, 0.25) is 0 Å². The SMILES string of the molecule is CNNC(=O)Cc1ccc2c(c1)NC(=O)C(C)O2. The third kappa shape index (κ3) is 2.60. The van der Waals surface area contributed by atoms with Crippen LogP contribution in [0.5, 0.6) is 5.75 Å². The average Bonchev–Trinajstić information content (AvgIpc) is 2.31. The Labute approximate surface area is 105 Å². The largest absolute Gasteiger partial charge is 0.479 e. The monoisotopic (exact) mass is 249 g/mol. The third-order valence-corrected chi connectivity index (χ3v) is 2.60. The first-order chi connectivity index (χ1) is 8.60. The Kier molecular flexibility index (Phi) is 3.47. The van der Waals surface area contributed by atoms with E-state index in [4.69, 9.17) is 4.74 Å². The number of amides is 2. The summed E-state index contributed by atoms with van der Waals surface area (Å²) in [7, 11) is 1.63. The Bertz CT molecular complexity index is 487. The van der Waals surface area contributed by atoms with Crippen molar-refractivity contribution in [3.8, 4) is 5.75 Å². The lowest BCUT2D eigenvalue weighted by Gasteiger charge is -2.23. The molecule has 1 aliphatic heterocycles. The number of hydrogen-bond acceptors (Lipinski definition) is 4. The number of rotatable bonds is 3. The van der Waals surface area contributed by atoms with Crippen LogP contribution in [0.4, 0.5) is 5.69 Å². The maximum Gasteiger partial charge on any atom is 0.265 e. The molecule has 0 spiro atoms. The summed E-state index contributed by atoms with van der Waals surface area (Å²) in [4.78, 5) is 22.9. The molecule has 2 amide bonds. The van der Waals surface area contributed by atoms with Crippen LogP contribution >= 0.6 is 0 Å². The number of hydrogen-bond donors (Lipinski definition) is 3. The number of carbonyl (C=O) groups is 2. The molecule has 6 nitrogen and oxygen atoms in total. The number of hydrazine groups is 1. The summed E-state index contributed by atoms with van der Waals surface area (Å²) >= 11 is 0. The lowest BCUT2D eigenvalue weighted by molar-refractivity contribution is -0.123. The van der Waals surface area contributed by atoms with Crippen molar-refractivity contribution in [2.45, 2.75) is 19.4 Å². The van der Waals surface area contributed by atoms with Gasteiger partial charge in [-0.25, -0.2) is 5.43 Å². The number of anilines is 1. The van der Waals surface area contributed by atoms with Gasteiger partial charge in [0.2, 0.25) is 5.91 Å². The molecule has 0 bridgehead atoms. The molecule has 0 aromatic heterocycles. The molecule has 0 saturated heterocycles. The van der Waals surface area contributed by atoms with Crippen molar-refractivity contribution in [3.63, 3.8) is 0 Å². The average molecular weight is 249 g/mol. The van der Waals surface area contributed by atoms with E-state index in [2.05, 4.69) is 16.2 Å². The number of ether oxygens (including phenoxy) is 1. The molecule has 1 heterocycles. The molecule has 96 valence electrons. The van der Waals surface area contributed by atoms with E-state index in [-0.39, 0.29) is 18.2 Å². The van der Waals surface area contributed by atoms with Crippen LogP contribution in [0.15, 0.2) is 18.2 Å². The van der Waals surface area contributed by atoms with E-state index in [1.54, 1.807) is 32.2 Å². The molecule has 0 fully saturated rings. The molecular formula is C12H15N3O3. The lowest BCUT2D eigenvalue weighted by Crippen LogP contribution is -2.35. The van der Waals surface area contributed by atoms with Crippen molar-refractivity contribution in [1.29, 1.82) is 0 Å². The second kappa shape index (κ2) is 5.05. The van der Waals surface area contributed by atoms with E-state index >= 15 is 0 Å². The van der Waals surface area contributed by atoms with E-state index in [1.807, 2.05) is 0 Å². The Hall–Kier alpha value is -2.08. The van der Waals surface area contributed by atoms with Gasteiger partial charge in [0.05, 0.1) is 12.1 Å². The molecule has 0 aliphatic carbocycles.